The number of benzene rings is 2. The maximum Gasteiger partial charge on any atom is 0.344 e. The maximum atomic E-state index is 11.8. The van der Waals surface area contributed by atoms with Crippen LogP contribution in [-0.4, -0.2) is 39.3 Å². The lowest BCUT2D eigenvalue weighted by Gasteiger charge is -2.09. The second kappa shape index (κ2) is 9.17. The first kappa shape index (κ1) is 18.1. The summed E-state index contributed by atoms with van der Waals surface area (Å²) in [4.78, 5) is 23.4. The number of esters is 1. The number of anilines is 1. The van der Waals surface area contributed by atoms with Gasteiger partial charge in [0.1, 0.15) is 17.2 Å². The fourth-order valence-electron chi connectivity index (χ4n) is 1.90. The van der Waals surface area contributed by atoms with Gasteiger partial charge in [0.05, 0.1) is 14.2 Å². The van der Waals surface area contributed by atoms with E-state index in [9.17, 15) is 9.59 Å². The molecular formula is C18H19NO6. The minimum atomic E-state index is -0.642. The van der Waals surface area contributed by atoms with Gasteiger partial charge in [-0.1, -0.05) is 6.07 Å². The predicted molar refractivity (Wildman–Crippen MR) is 91.1 cm³/mol. The Morgan fingerprint density at radius 2 is 1.56 bits per heavy atom. The van der Waals surface area contributed by atoms with Crippen LogP contribution in [0.2, 0.25) is 0 Å². The fourth-order valence-corrected chi connectivity index (χ4v) is 1.90. The summed E-state index contributed by atoms with van der Waals surface area (Å²) < 4.78 is 20.2. The van der Waals surface area contributed by atoms with Gasteiger partial charge in [-0.25, -0.2) is 4.79 Å². The summed E-state index contributed by atoms with van der Waals surface area (Å²) in [5.41, 5.74) is 0.551. The molecule has 1 N–H and O–H groups in total. The summed E-state index contributed by atoms with van der Waals surface area (Å²) >= 11 is 0. The lowest BCUT2D eigenvalue weighted by Crippen LogP contribution is -2.23. The quantitative estimate of drug-likeness (QED) is 0.739. The van der Waals surface area contributed by atoms with Crippen LogP contribution in [0.5, 0.6) is 17.2 Å². The van der Waals surface area contributed by atoms with E-state index in [-0.39, 0.29) is 6.61 Å². The molecule has 0 atom stereocenters. The number of methoxy groups -OCH3 is 2. The SMILES string of the molecule is COc1ccc(OCC(=O)OCC(=O)Nc2cccc(OC)c2)cc1. The number of rotatable bonds is 8. The molecule has 25 heavy (non-hydrogen) atoms. The molecule has 0 fully saturated rings. The molecule has 0 unspecified atom stereocenters. The van der Waals surface area contributed by atoms with E-state index in [1.807, 2.05) is 0 Å². The van der Waals surface area contributed by atoms with Gasteiger partial charge >= 0.3 is 5.97 Å². The third-order valence-electron chi connectivity index (χ3n) is 3.13. The standard InChI is InChI=1S/C18H19NO6/c1-22-14-6-8-15(9-7-14)24-12-18(21)25-11-17(20)19-13-4-3-5-16(10-13)23-2/h3-10H,11-12H2,1-2H3,(H,19,20). The first-order valence-corrected chi connectivity index (χ1v) is 7.47. The Hall–Kier alpha value is -3.22. The minimum Gasteiger partial charge on any atom is -0.497 e. The highest BCUT2D eigenvalue weighted by Crippen LogP contribution is 2.17. The maximum absolute atomic E-state index is 11.8. The molecule has 7 heteroatoms. The van der Waals surface area contributed by atoms with Crippen LogP contribution in [0.3, 0.4) is 0 Å². The topological polar surface area (TPSA) is 83.1 Å². The molecule has 0 aromatic heterocycles. The van der Waals surface area contributed by atoms with Crippen LogP contribution < -0.4 is 19.5 Å². The number of hydrogen-bond donors (Lipinski definition) is 1. The summed E-state index contributed by atoms with van der Waals surface area (Å²) in [6, 6.07) is 13.6. The van der Waals surface area contributed by atoms with Crippen molar-refractivity contribution in [2.24, 2.45) is 0 Å². The molecule has 0 heterocycles. The van der Waals surface area contributed by atoms with Crippen molar-refractivity contribution < 1.29 is 28.5 Å². The zero-order valence-corrected chi connectivity index (χ0v) is 14.0. The van der Waals surface area contributed by atoms with Crippen LogP contribution in [0.15, 0.2) is 48.5 Å². The van der Waals surface area contributed by atoms with E-state index < -0.39 is 18.5 Å². The first-order valence-electron chi connectivity index (χ1n) is 7.47. The molecule has 2 aromatic rings. The fraction of sp³-hybridized carbons (Fsp3) is 0.222. The average molecular weight is 345 g/mol. The summed E-state index contributed by atoms with van der Waals surface area (Å²) in [7, 11) is 3.09. The van der Waals surface area contributed by atoms with E-state index in [0.29, 0.717) is 22.9 Å². The number of carbonyl (C=O) groups excluding carboxylic acids is 2. The van der Waals surface area contributed by atoms with Crippen molar-refractivity contribution in [2.75, 3.05) is 32.8 Å². The van der Waals surface area contributed by atoms with Crippen LogP contribution in [0.4, 0.5) is 5.69 Å². The lowest BCUT2D eigenvalue weighted by molar-refractivity contribution is -0.149. The molecule has 0 saturated carbocycles. The third kappa shape index (κ3) is 6.06. The van der Waals surface area contributed by atoms with Gasteiger partial charge in [-0.3, -0.25) is 4.79 Å². The summed E-state index contributed by atoms with van der Waals surface area (Å²) in [6.07, 6.45) is 0. The minimum absolute atomic E-state index is 0.293. The van der Waals surface area contributed by atoms with Gasteiger partial charge in [-0.2, -0.15) is 0 Å². The van der Waals surface area contributed by atoms with Crippen LogP contribution in [-0.2, 0) is 14.3 Å². The van der Waals surface area contributed by atoms with E-state index in [2.05, 4.69) is 5.32 Å². The van der Waals surface area contributed by atoms with Gasteiger partial charge < -0.3 is 24.3 Å². The van der Waals surface area contributed by atoms with E-state index in [0.717, 1.165) is 0 Å². The van der Waals surface area contributed by atoms with Gasteiger partial charge in [-0.05, 0) is 36.4 Å². The van der Waals surface area contributed by atoms with Gasteiger partial charge in [0, 0.05) is 11.8 Å². The highest BCUT2D eigenvalue weighted by Gasteiger charge is 2.09. The smallest absolute Gasteiger partial charge is 0.344 e. The van der Waals surface area contributed by atoms with Crippen molar-refractivity contribution in [3.05, 3.63) is 48.5 Å². The molecular weight excluding hydrogens is 326 g/mol. The second-order valence-corrected chi connectivity index (χ2v) is 4.91. The molecule has 2 aromatic carbocycles. The number of hydrogen-bond acceptors (Lipinski definition) is 6. The van der Waals surface area contributed by atoms with E-state index in [1.54, 1.807) is 55.6 Å². The molecule has 0 aliphatic rings. The molecule has 0 saturated heterocycles. The van der Waals surface area contributed by atoms with Gasteiger partial charge in [-0.15, -0.1) is 0 Å². The van der Waals surface area contributed by atoms with Crippen molar-refractivity contribution in [3.8, 4) is 17.2 Å². The van der Waals surface area contributed by atoms with Gasteiger partial charge in [0.25, 0.3) is 5.91 Å². The van der Waals surface area contributed by atoms with Crippen molar-refractivity contribution in [2.45, 2.75) is 0 Å². The summed E-state index contributed by atoms with van der Waals surface area (Å²) in [5.74, 6) is 0.702. The molecule has 0 spiro atoms. The molecule has 0 bridgehead atoms. The zero-order valence-electron chi connectivity index (χ0n) is 14.0. The van der Waals surface area contributed by atoms with Gasteiger partial charge in [0.15, 0.2) is 13.2 Å². The summed E-state index contributed by atoms with van der Waals surface area (Å²) in [5, 5.41) is 2.61. The largest absolute Gasteiger partial charge is 0.497 e. The second-order valence-electron chi connectivity index (χ2n) is 4.91. The molecule has 0 radical (unpaired) electrons. The first-order chi connectivity index (χ1) is 12.1. The molecule has 1 amide bonds. The number of carbonyl (C=O) groups is 2. The van der Waals surface area contributed by atoms with Crippen LogP contribution >= 0.6 is 0 Å². The molecule has 0 aliphatic heterocycles. The lowest BCUT2D eigenvalue weighted by atomic mass is 10.3. The van der Waals surface area contributed by atoms with Gasteiger partial charge in [0.2, 0.25) is 0 Å². The van der Waals surface area contributed by atoms with Crippen LogP contribution in [0.1, 0.15) is 0 Å². The normalized spacial score (nSPS) is 9.84. The Kier molecular flexibility index (Phi) is 6.65. The highest BCUT2D eigenvalue weighted by atomic mass is 16.6. The Balaban J connectivity index is 1.72. The highest BCUT2D eigenvalue weighted by molar-refractivity contribution is 5.93. The van der Waals surface area contributed by atoms with Crippen LogP contribution in [0.25, 0.3) is 0 Å². The van der Waals surface area contributed by atoms with Crippen molar-refractivity contribution in [3.63, 3.8) is 0 Å². The number of nitrogens with one attached hydrogen (secondary N) is 1. The van der Waals surface area contributed by atoms with Crippen molar-refractivity contribution >= 4 is 17.6 Å². The van der Waals surface area contributed by atoms with E-state index in [4.69, 9.17) is 18.9 Å². The Labute approximate surface area is 145 Å². The number of amides is 1. The number of ether oxygens (including phenoxy) is 4. The molecule has 0 aliphatic carbocycles. The Morgan fingerprint density at radius 3 is 2.24 bits per heavy atom. The van der Waals surface area contributed by atoms with Crippen molar-refractivity contribution in [1.29, 1.82) is 0 Å². The Morgan fingerprint density at radius 1 is 0.880 bits per heavy atom. The molecule has 132 valence electrons. The average Bonchev–Trinajstić information content (AvgIpc) is 2.65. The van der Waals surface area contributed by atoms with Crippen LogP contribution in [0, 0.1) is 0 Å². The van der Waals surface area contributed by atoms with Crippen molar-refractivity contribution in [1.82, 2.24) is 0 Å². The Bertz CT molecular complexity index is 714. The molecule has 2 rings (SSSR count). The van der Waals surface area contributed by atoms with E-state index in [1.165, 1.54) is 7.11 Å². The van der Waals surface area contributed by atoms with E-state index >= 15 is 0 Å². The zero-order chi connectivity index (χ0) is 18.1. The molecule has 7 nitrogen and oxygen atoms in total. The third-order valence-corrected chi connectivity index (χ3v) is 3.13. The monoisotopic (exact) mass is 345 g/mol. The predicted octanol–water partition coefficient (Wildman–Crippen LogP) is 2.26. The summed E-state index contributed by atoms with van der Waals surface area (Å²) in [6.45, 7) is -0.694.